The number of allylic oxidation sites excluding steroid dienone is 5. The summed E-state index contributed by atoms with van der Waals surface area (Å²) in [7, 11) is 1.61. The molecule has 1 saturated heterocycles. The highest BCUT2D eigenvalue weighted by Crippen LogP contribution is 2.61. The van der Waals surface area contributed by atoms with E-state index in [4.69, 9.17) is 9.47 Å². The molecule has 2 aliphatic carbocycles. The molecule has 208 valence electrons. The first-order valence-corrected chi connectivity index (χ1v) is 13.7. The van der Waals surface area contributed by atoms with Gasteiger partial charge in [-0.05, 0) is 97.0 Å². The van der Waals surface area contributed by atoms with Crippen LogP contribution in [0.4, 0.5) is 0 Å². The van der Waals surface area contributed by atoms with Crippen molar-refractivity contribution in [1.82, 2.24) is 0 Å². The molecule has 6 heteroatoms. The second kappa shape index (κ2) is 11.7. The number of methoxy groups -OCH3 is 1. The summed E-state index contributed by atoms with van der Waals surface area (Å²) in [6, 6.07) is 0. The largest absolute Gasteiger partial charge is 0.396 e. The molecule has 8 atom stereocenters. The molecule has 1 heterocycles. The van der Waals surface area contributed by atoms with Crippen LogP contribution in [-0.4, -0.2) is 58.9 Å². The van der Waals surface area contributed by atoms with E-state index in [0.29, 0.717) is 37.7 Å². The second-order valence-electron chi connectivity index (χ2n) is 12.1. The van der Waals surface area contributed by atoms with Gasteiger partial charge < -0.3 is 24.8 Å². The molecule has 2 saturated carbocycles. The Labute approximate surface area is 223 Å². The lowest BCUT2D eigenvalue weighted by Crippen LogP contribution is -2.59. The van der Waals surface area contributed by atoms with Gasteiger partial charge in [-0.1, -0.05) is 41.5 Å². The van der Waals surface area contributed by atoms with Crippen LogP contribution in [-0.2, 0) is 14.3 Å². The Morgan fingerprint density at radius 3 is 2.51 bits per heavy atom. The Kier molecular flexibility index (Phi) is 9.45. The molecule has 3 N–H and O–H groups in total. The van der Waals surface area contributed by atoms with Gasteiger partial charge in [0.05, 0.1) is 22.7 Å². The van der Waals surface area contributed by atoms with Gasteiger partial charge in [0.2, 0.25) is 0 Å². The number of carbonyl (C=O) groups excluding carboxylic acids is 1. The van der Waals surface area contributed by atoms with Crippen molar-refractivity contribution in [1.29, 1.82) is 0 Å². The van der Waals surface area contributed by atoms with Crippen LogP contribution in [0.2, 0.25) is 0 Å². The van der Waals surface area contributed by atoms with Crippen LogP contribution < -0.4 is 0 Å². The van der Waals surface area contributed by atoms with Crippen LogP contribution in [0.5, 0.6) is 0 Å². The van der Waals surface area contributed by atoms with Crippen molar-refractivity contribution in [3.8, 4) is 0 Å². The van der Waals surface area contributed by atoms with Gasteiger partial charge in [-0.2, -0.15) is 0 Å². The van der Waals surface area contributed by atoms with Crippen LogP contribution in [0.1, 0.15) is 79.6 Å². The normalized spacial score (nSPS) is 42.1. The maximum atomic E-state index is 11.8. The highest BCUT2D eigenvalue weighted by molar-refractivity contribution is 5.74. The maximum Gasteiger partial charge on any atom is 0.166 e. The third-order valence-corrected chi connectivity index (χ3v) is 9.49. The van der Waals surface area contributed by atoms with Gasteiger partial charge in [0.25, 0.3) is 0 Å². The third-order valence-electron chi connectivity index (χ3n) is 9.49. The van der Waals surface area contributed by atoms with Gasteiger partial charge in [0, 0.05) is 19.6 Å². The molecule has 6 nitrogen and oxygen atoms in total. The zero-order valence-electron chi connectivity index (χ0n) is 23.6. The molecule has 0 aromatic carbocycles. The monoisotopic (exact) mass is 516 g/mol. The molecule has 0 aromatic rings. The summed E-state index contributed by atoms with van der Waals surface area (Å²) in [5.74, 6) is 0.133. The minimum Gasteiger partial charge on any atom is -0.396 e. The molecule has 0 radical (unpaired) electrons. The minimum absolute atomic E-state index is 0.0110. The molecule has 1 spiro atoms. The van der Waals surface area contributed by atoms with E-state index in [-0.39, 0.29) is 30.5 Å². The fourth-order valence-corrected chi connectivity index (χ4v) is 7.37. The number of hydrogen-bond donors (Lipinski definition) is 3. The number of ether oxygens (including phenoxy) is 2. The highest BCUT2D eigenvalue weighted by atomic mass is 16.7. The van der Waals surface area contributed by atoms with E-state index < -0.39 is 22.9 Å². The fraction of sp³-hybridized carbons (Fsp3) is 0.710. The van der Waals surface area contributed by atoms with Gasteiger partial charge in [-0.3, -0.25) is 4.79 Å². The summed E-state index contributed by atoms with van der Waals surface area (Å²) in [6.45, 7) is 13.8. The van der Waals surface area contributed by atoms with E-state index >= 15 is 0 Å². The van der Waals surface area contributed by atoms with E-state index in [0.717, 1.165) is 35.8 Å². The summed E-state index contributed by atoms with van der Waals surface area (Å²) >= 11 is 0. The highest BCUT2D eigenvalue weighted by Gasteiger charge is 2.64. The van der Waals surface area contributed by atoms with Crippen molar-refractivity contribution in [2.75, 3.05) is 13.7 Å². The van der Waals surface area contributed by atoms with E-state index in [2.05, 4.69) is 24.8 Å². The second-order valence-corrected chi connectivity index (χ2v) is 12.1. The van der Waals surface area contributed by atoms with E-state index in [1.54, 1.807) is 7.11 Å². The summed E-state index contributed by atoms with van der Waals surface area (Å²) in [5, 5.41) is 32.3. The Bertz CT molecular complexity index is 941. The molecular weight excluding hydrogens is 468 g/mol. The molecule has 0 aromatic heterocycles. The van der Waals surface area contributed by atoms with Gasteiger partial charge in [0.1, 0.15) is 6.29 Å². The molecule has 0 bridgehead atoms. The number of carbonyl (C=O) groups is 1. The lowest BCUT2D eigenvalue weighted by atomic mass is 9.53. The Morgan fingerprint density at radius 1 is 1.22 bits per heavy atom. The lowest BCUT2D eigenvalue weighted by molar-refractivity contribution is -0.231. The van der Waals surface area contributed by atoms with Crippen LogP contribution in [0.15, 0.2) is 47.1 Å². The topological polar surface area (TPSA) is 96.2 Å². The molecule has 0 unspecified atom stereocenters. The van der Waals surface area contributed by atoms with Crippen LogP contribution >= 0.6 is 0 Å². The van der Waals surface area contributed by atoms with Crippen molar-refractivity contribution in [2.45, 2.75) is 103 Å². The Balaban J connectivity index is 1.94. The zero-order chi connectivity index (χ0) is 27.6. The fourth-order valence-electron chi connectivity index (χ4n) is 7.37. The molecule has 37 heavy (non-hydrogen) atoms. The molecule has 3 aliphatic rings. The van der Waals surface area contributed by atoms with Crippen molar-refractivity contribution in [2.24, 2.45) is 23.2 Å². The molecular formula is C31H48O6. The van der Waals surface area contributed by atoms with Crippen LogP contribution in [0, 0.1) is 23.2 Å². The van der Waals surface area contributed by atoms with Crippen LogP contribution in [0.25, 0.3) is 0 Å². The van der Waals surface area contributed by atoms with Crippen molar-refractivity contribution < 1.29 is 29.6 Å². The lowest BCUT2D eigenvalue weighted by Gasteiger charge is -2.54. The molecule has 3 fully saturated rings. The SMILES string of the molecule is C=C(C)[C@@H]1CC[C@](C)(O)[C@H]1/C=C/C(C)=C/[C@@H]1C[C@@]2([C@H](OC)O1)[C@H](CCCO)/C(=C(\C)C=O)CC[C@]2(C)O. The predicted molar refractivity (Wildman–Crippen MR) is 146 cm³/mol. The first kappa shape index (κ1) is 30.0. The standard InChI is InChI=1S/C31H48O6/c1-20(2)24-12-14-29(5,34)26(24)11-10-21(3)17-23-18-31(28(36-7)37-23)27(9-8-16-32)25(22(4)19-33)13-15-30(31,6)35/h10-11,17,19,23-24,26-28,32,34-35H,1,8-9,12-16,18H2,2-7H3/b11-10+,21-17+,25-22+/t23-,24+,26+,27-,28-,29+,30+,31+/m1/s1. The van der Waals surface area contributed by atoms with E-state index in [1.165, 1.54) is 0 Å². The first-order chi connectivity index (χ1) is 17.3. The van der Waals surface area contributed by atoms with Crippen molar-refractivity contribution in [3.05, 3.63) is 47.1 Å². The average molecular weight is 517 g/mol. The Morgan fingerprint density at radius 2 is 1.92 bits per heavy atom. The smallest absolute Gasteiger partial charge is 0.166 e. The van der Waals surface area contributed by atoms with Gasteiger partial charge in [-0.25, -0.2) is 0 Å². The van der Waals surface area contributed by atoms with Crippen molar-refractivity contribution in [3.63, 3.8) is 0 Å². The number of aldehydes is 1. The first-order valence-electron chi connectivity index (χ1n) is 13.7. The molecule has 1 aliphatic heterocycles. The van der Waals surface area contributed by atoms with Crippen LogP contribution in [0.3, 0.4) is 0 Å². The molecule has 3 rings (SSSR count). The Hall–Kier alpha value is -1.57. The zero-order valence-corrected chi connectivity index (χ0v) is 23.6. The number of hydrogen-bond acceptors (Lipinski definition) is 6. The minimum atomic E-state index is -1.07. The average Bonchev–Trinajstić information content (AvgIpc) is 3.35. The third kappa shape index (κ3) is 5.74. The number of aliphatic hydroxyl groups is 3. The summed E-state index contributed by atoms with van der Waals surface area (Å²) < 4.78 is 12.3. The predicted octanol–water partition coefficient (Wildman–Crippen LogP) is 5.04. The molecule has 0 amide bonds. The van der Waals surface area contributed by atoms with Crippen molar-refractivity contribution >= 4 is 6.29 Å². The van der Waals surface area contributed by atoms with Gasteiger partial charge >= 0.3 is 0 Å². The van der Waals surface area contributed by atoms with Gasteiger partial charge in [-0.15, -0.1) is 0 Å². The maximum absolute atomic E-state index is 11.8. The van der Waals surface area contributed by atoms with E-state index in [1.807, 2.05) is 34.6 Å². The van der Waals surface area contributed by atoms with E-state index in [9.17, 15) is 20.1 Å². The summed E-state index contributed by atoms with van der Waals surface area (Å²) in [4.78, 5) is 11.8. The number of rotatable bonds is 9. The van der Waals surface area contributed by atoms with Gasteiger partial charge in [0.15, 0.2) is 6.29 Å². The quantitative estimate of drug-likeness (QED) is 0.172. The summed E-state index contributed by atoms with van der Waals surface area (Å²) in [6.07, 6.45) is 10.8. The number of aliphatic hydroxyl groups excluding tert-OH is 1. The summed E-state index contributed by atoms with van der Waals surface area (Å²) in [5.41, 5.74) is 1.28.